The van der Waals surface area contributed by atoms with Crippen molar-refractivity contribution in [3.63, 3.8) is 0 Å². The van der Waals surface area contributed by atoms with E-state index < -0.39 is 0 Å². The molecule has 2 N–H and O–H groups in total. The van der Waals surface area contributed by atoms with E-state index in [4.69, 9.17) is 4.74 Å². The molecule has 0 saturated heterocycles. The number of rotatable bonds is 7. The molecule has 0 radical (unpaired) electrons. The van der Waals surface area contributed by atoms with Crippen molar-refractivity contribution in [3.8, 4) is 5.75 Å². The molecule has 0 aliphatic heterocycles. The van der Waals surface area contributed by atoms with Crippen LogP contribution in [0.25, 0.3) is 0 Å². The number of benzene rings is 2. The zero-order chi connectivity index (χ0) is 16.7. The number of carbonyl (C=O) groups is 1. The van der Waals surface area contributed by atoms with Crippen molar-refractivity contribution in [2.45, 2.75) is 33.3 Å². The molecule has 4 heteroatoms. The first-order valence-corrected chi connectivity index (χ1v) is 7.90. The molecule has 0 fully saturated rings. The van der Waals surface area contributed by atoms with Crippen LogP contribution in [0.15, 0.2) is 48.5 Å². The Labute approximate surface area is 137 Å². The van der Waals surface area contributed by atoms with Crippen molar-refractivity contribution in [2.75, 3.05) is 17.2 Å². The van der Waals surface area contributed by atoms with E-state index >= 15 is 0 Å². The number of amides is 1. The van der Waals surface area contributed by atoms with Crippen LogP contribution in [0.5, 0.6) is 5.75 Å². The average Bonchev–Trinajstić information content (AvgIpc) is 2.51. The SMILES string of the molecule is Cc1ccc(NC(=O)CCNc2ccc(OC(C)C)cc2)cc1. The Morgan fingerprint density at radius 3 is 2.22 bits per heavy atom. The summed E-state index contributed by atoms with van der Waals surface area (Å²) in [5.74, 6) is 0.851. The Bertz CT molecular complexity index is 619. The highest BCUT2D eigenvalue weighted by Crippen LogP contribution is 2.17. The topological polar surface area (TPSA) is 50.4 Å². The Morgan fingerprint density at radius 2 is 1.61 bits per heavy atom. The van der Waals surface area contributed by atoms with E-state index in [9.17, 15) is 4.79 Å². The van der Waals surface area contributed by atoms with Crippen LogP contribution in [0.3, 0.4) is 0 Å². The van der Waals surface area contributed by atoms with Crippen LogP contribution in [0.1, 0.15) is 25.8 Å². The fourth-order valence-corrected chi connectivity index (χ4v) is 2.10. The predicted molar refractivity (Wildman–Crippen MR) is 95.1 cm³/mol. The zero-order valence-corrected chi connectivity index (χ0v) is 13.9. The van der Waals surface area contributed by atoms with Gasteiger partial charge < -0.3 is 15.4 Å². The molecule has 0 spiro atoms. The minimum atomic E-state index is 0.00103. The van der Waals surface area contributed by atoms with Crippen LogP contribution in [-0.2, 0) is 4.79 Å². The minimum Gasteiger partial charge on any atom is -0.491 e. The summed E-state index contributed by atoms with van der Waals surface area (Å²) in [5, 5.41) is 6.12. The maximum atomic E-state index is 11.9. The molecule has 23 heavy (non-hydrogen) atoms. The molecule has 0 heterocycles. The summed E-state index contributed by atoms with van der Waals surface area (Å²) in [4.78, 5) is 11.9. The number of anilines is 2. The van der Waals surface area contributed by atoms with Gasteiger partial charge >= 0.3 is 0 Å². The molecular weight excluding hydrogens is 288 g/mol. The second kappa shape index (κ2) is 8.22. The van der Waals surface area contributed by atoms with Gasteiger partial charge in [0.05, 0.1) is 6.10 Å². The van der Waals surface area contributed by atoms with Gasteiger partial charge in [-0.15, -0.1) is 0 Å². The summed E-state index contributed by atoms with van der Waals surface area (Å²) in [6.07, 6.45) is 0.581. The molecule has 0 aromatic heterocycles. The molecule has 0 atom stereocenters. The largest absolute Gasteiger partial charge is 0.491 e. The van der Waals surface area contributed by atoms with Gasteiger partial charge in [-0.3, -0.25) is 4.79 Å². The molecule has 1 amide bonds. The van der Waals surface area contributed by atoms with Crippen molar-refractivity contribution in [2.24, 2.45) is 0 Å². The third-order valence-corrected chi connectivity index (χ3v) is 3.24. The lowest BCUT2D eigenvalue weighted by Crippen LogP contribution is -2.16. The van der Waals surface area contributed by atoms with Crippen molar-refractivity contribution in [3.05, 3.63) is 54.1 Å². The van der Waals surface area contributed by atoms with Gasteiger partial charge in [0.2, 0.25) is 5.91 Å². The summed E-state index contributed by atoms with van der Waals surface area (Å²) >= 11 is 0. The predicted octanol–water partition coefficient (Wildman–Crippen LogP) is 4.22. The van der Waals surface area contributed by atoms with Gasteiger partial charge in [-0.1, -0.05) is 17.7 Å². The van der Waals surface area contributed by atoms with Crippen LogP contribution in [0.2, 0.25) is 0 Å². The highest BCUT2D eigenvalue weighted by molar-refractivity contribution is 5.90. The van der Waals surface area contributed by atoms with E-state index in [0.717, 1.165) is 17.1 Å². The molecule has 2 aromatic carbocycles. The average molecular weight is 312 g/mol. The van der Waals surface area contributed by atoms with Crippen molar-refractivity contribution in [1.82, 2.24) is 0 Å². The molecule has 0 aliphatic rings. The maximum Gasteiger partial charge on any atom is 0.226 e. The van der Waals surface area contributed by atoms with Crippen LogP contribution in [-0.4, -0.2) is 18.6 Å². The Balaban J connectivity index is 1.73. The van der Waals surface area contributed by atoms with E-state index in [1.54, 1.807) is 0 Å². The van der Waals surface area contributed by atoms with Gasteiger partial charge in [0.15, 0.2) is 0 Å². The lowest BCUT2D eigenvalue weighted by atomic mass is 10.2. The summed E-state index contributed by atoms with van der Waals surface area (Å²) in [6, 6.07) is 15.5. The van der Waals surface area contributed by atoms with Crippen molar-refractivity contribution >= 4 is 17.3 Å². The van der Waals surface area contributed by atoms with E-state index in [1.165, 1.54) is 5.56 Å². The first kappa shape index (κ1) is 16.9. The zero-order valence-electron chi connectivity index (χ0n) is 13.9. The number of nitrogens with one attached hydrogen (secondary N) is 2. The molecular formula is C19H24N2O2. The molecule has 2 rings (SSSR count). The van der Waals surface area contributed by atoms with E-state index in [1.807, 2.05) is 69.3 Å². The number of carbonyl (C=O) groups excluding carboxylic acids is 1. The molecule has 0 aliphatic carbocycles. The number of aryl methyl sites for hydroxylation is 1. The van der Waals surface area contributed by atoms with Gasteiger partial charge in [0.25, 0.3) is 0 Å². The van der Waals surface area contributed by atoms with Crippen LogP contribution >= 0.6 is 0 Å². The Hall–Kier alpha value is -2.49. The van der Waals surface area contributed by atoms with Gasteiger partial charge in [0, 0.05) is 24.3 Å². The quantitative estimate of drug-likeness (QED) is 0.804. The van der Waals surface area contributed by atoms with Crippen LogP contribution < -0.4 is 15.4 Å². The summed E-state index contributed by atoms with van der Waals surface area (Å²) < 4.78 is 5.59. The second-order valence-corrected chi connectivity index (χ2v) is 5.78. The summed E-state index contributed by atoms with van der Waals surface area (Å²) in [7, 11) is 0. The van der Waals surface area contributed by atoms with Crippen LogP contribution in [0, 0.1) is 6.92 Å². The fraction of sp³-hybridized carbons (Fsp3) is 0.316. The highest BCUT2D eigenvalue weighted by Gasteiger charge is 2.03. The summed E-state index contributed by atoms with van der Waals surface area (Å²) in [6.45, 7) is 6.60. The second-order valence-electron chi connectivity index (χ2n) is 5.78. The van der Waals surface area contributed by atoms with E-state index in [2.05, 4.69) is 10.6 Å². The molecule has 2 aromatic rings. The third-order valence-electron chi connectivity index (χ3n) is 3.24. The van der Waals surface area contributed by atoms with Crippen molar-refractivity contribution < 1.29 is 9.53 Å². The molecule has 4 nitrogen and oxygen atoms in total. The maximum absolute atomic E-state index is 11.9. The van der Waals surface area contributed by atoms with Crippen molar-refractivity contribution in [1.29, 1.82) is 0 Å². The lowest BCUT2D eigenvalue weighted by molar-refractivity contribution is -0.115. The van der Waals surface area contributed by atoms with Gasteiger partial charge in [-0.2, -0.15) is 0 Å². The normalized spacial score (nSPS) is 10.4. The molecule has 0 saturated carbocycles. The van der Waals surface area contributed by atoms with E-state index in [0.29, 0.717) is 13.0 Å². The third kappa shape index (κ3) is 6.02. The first-order valence-electron chi connectivity index (χ1n) is 7.90. The smallest absolute Gasteiger partial charge is 0.226 e. The van der Waals surface area contributed by atoms with E-state index in [-0.39, 0.29) is 12.0 Å². The fourth-order valence-electron chi connectivity index (χ4n) is 2.10. The highest BCUT2D eigenvalue weighted by atomic mass is 16.5. The van der Waals surface area contributed by atoms with Gasteiger partial charge in [-0.05, 0) is 57.2 Å². The Morgan fingerprint density at radius 1 is 1.00 bits per heavy atom. The molecule has 122 valence electrons. The minimum absolute atomic E-state index is 0.00103. The number of hydrogen-bond acceptors (Lipinski definition) is 3. The van der Waals surface area contributed by atoms with Gasteiger partial charge in [0.1, 0.15) is 5.75 Å². The standard InChI is InChI=1S/C19H24N2O2/c1-14(2)23-18-10-8-16(9-11-18)20-13-12-19(22)21-17-6-4-15(3)5-7-17/h4-11,14,20H,12-13H2,1-3H3,(H,21,22). The molecule has 0 unspecified atom stereocenters. The van der Waals surface area contributed by atoms with Crippen LogP contribution in [0.4, 0.5) is 11.4 Å². The monoisotopic (exact) mass is 312 g/mol. The van der Waals surface area contributed by atoms with Gasteiger partial charge in [-0.25, -0.2) is 0 Å². The lowest BCUT2D eigenvalue weighted by Gasteiger charge is -2.11. The number of hydrogen-bond donors (Lipinski definition) is 2. The summed E-state index contributed by atoms with van der Waals surface area (Å²) in [5.41, 5.74) is 2.98. The molecule has 0 bridgehead atoms. The Kier molecular flexibility index (Phi) is 6.03. The first-order chi connectivity index (χ1) is 11.0. The number of ether oxygens (including phenoxy) is 1.